The highest BCUT2D eigenvalue weighted by Crippen LogP contribution is 2.30. The number of halogens is 3. The maximum atomic E-state index is 12.5. The predicted molar refractivity (Wildman–Crippen MR) is 108 cm³/mol. The monoisotopic (exact) mass is 452 g/mol. The summed E-state index contributed by atoms with van der Waals surface area (Å²) in [5, 5.41) is 2.32. The zero-order valence-corrected chi connectivity index (χ0v) is 16.8. The Bertz CT molecular complexity index is 1000. The average Bonchev–Trinajstić information content (AvgIpc) is 2.74. The first-order valence-electron chi connectivity index (χ1n) is 8.99. The number of carbonyl (C=O) groups is 3. The third-order valence-electron chi connectivity index (χ3n) is 3.81. The molecule has 3 N–H and O–H groups in total. The first-order valence-corrected chi connectivity index (χ1v) is 8.99. The lowest BCUT2D eigenvalue weighted by atomic mass is 10.2. The fraction of sp³-hybridized carbons (Fsp3) is 0.190. The number of nitrogens with one attached hydrogen (secondary N) is 1. The number of amides is 2. The molecule has 0 heterocycles. The zero-order valence-electron chi connectivity index (χ0n) is 16.8. The van der Waals surface area contributed by atoms with Gasteiger partial charge in [0.15, 0.2) is 24.7 Å². The minimum Gasteiger partial charge on any atom is -0.493 e. The Morgan fingerprint density at radius 3 is 2.31 bits per heavy atom. The highest BCUT2D eigenvalue weighted by molar-refractivity contribution is 5.94. The molecule has 0 saturated heterocycles. The Labute approximate surface area is 180 Å². The Morgan fingerprint density at radius 2 is 1.72 bits per heavy atom. The number of primary amides is 1. The van der Waals surface area contributed by atoms with Crippen molar-refractivity contribution in [2.75, 3.05) is 25.6 Å². The second-order valence-corrected chi connectivity index (χ2v) is 6.23. The van der Waals surface area contributed by atoms with Crippen molar-refractivity contribution in [3.8, 4) is 11.5 Å². The molecule has 0 bridgehead atoms. The summed E-state index contributed by atoms with van der Waals surface area (Å²) in [6.45, 7) is -0.959. The predicted octanol–water partition coefficient (Wildman–Crippen LogP) is 2.77. The molecule has 32 heavy (non-hydrogen) atoms. The smallest absolute Gasteiger partial charge is 0.416 e. The molecule has 2 amide bonds. The molecule has 8 nitrogen and oxygen atoms in total. The number of carbonyl (C=O) groups excluding carboxylic acids is 3. The number of anilines is 1. The van der Waals surface area contributed by atoms with E-state index in [4.69, 9.17) is 19.9 Å². The highest BCUT2D eigenvalue weighted by atomic mass is 19.4. The fourth-order valence-corrected chi connectivity index (χ4v) is 2.34. The molecular weight excluding hydrogens is 433 g/mol. The van der Waals surface area contributed by atoms with Gasteiger partial charge in [-0.25, -0.2) is 4.79 Å². The third-order valence-corrected chi connectivity index (χ3v) is 3.81. The molecule has 0 saturated carbocycles. The van der Waals surface area contributed by atoms with Crippen molar-refractivity contribution in [2.24, 2.45) is 5.73 Å². The topological polar surface area (TPSA) is 117 Å². The molecule has 2 aromatic rings. The van der Waals surface area contributed by atoms with Crippen molar-refractivity contribution < 1.29 is 41.8 Å². The van der Waals surface area contributed by atoms with Crippen LogP contribution in [0.5, 0.6) is 11.5 Å². The van der Waals surface area contributed by atoms with Crippen molar-refractivity contribution in [1.29, 1.82) is 0 Å². The largest absolute Gasteiger partial charge is 0.493 e. The van der Waals surface area contributed by atoms with Gasteiger partial charge in [0.25, 0.3) is 11.8 Å². The van der Waals surface area contributed by atoms with Crippen LogP contribution in [0, 0.1) is 0 Å². The highest BCUT2D eigenvalue weighted by Gasteiger charge is 2.30. The molecule has 2 rings (SSSR count). The van der Waals surface area contributed by atoms with Crippen molar-refractivity contribution in [3.05, 3.63) is 59.7 Å². The molecule has 0 aliphatic heterocycles. The minimum atomic E-state index is -4.48. The van der Waals surface area contributed by atoms with E-state index in [1.54, 1.807) is 6.07 Å². The van der Waals surface area contributed by atoms with E-state index >= 15 is 0 Å². The number of hydrogen-bond donors (Lipinski definition) is 2. The van der Waals surface area contributed by atoms with Crippen molar-refractivity contribution >= 4 is 29.5 Å². The van der Waals surface area contributed by atoms with Crippen LogP contribution < -0.4 is 20.5 Å². The molecule has 0 unspecified atom stereocenters. The molecule has 170 valence electrons. The molecule has 0 radical (unpaired) electrons. The Balaban J connectivity index is 1.86. The maximum Gasteiger partial charge on any atom is 0.416 e. The summed E-state index contributed by atoms with van der Waals surface area (Å²) in [5.74, 6) is -1.60. The molecule has 11 heteroatoms. The molecule has 0 aliphatic carbocycles. The summed E-state index contributed by atoms with van der Waals surface area (Å²) in [7, 11) is 1.39. The average molecular weight is 452 g/mol. The van der Waals surface area contributed by atoms with Gasteiger partial charge in [-0.3, -0.25) is 9.59 Å². The number of benzene rings is 2. The number of methoxy groups -OCH3 is 1. The molecule has 0 spiro atoms. The fourth-order valence-electron chi connectivity index (χ4n) is 2.34. The van der Waals surface area contributed by atoms with Crippen LogP contribution in [0.1, 0.15) is 11.1 Å². The lowest BCUT2D eigenvalue weighted by molar-refractivity contribution is -0.142. The van der Waals surface area contributed by atoms with Crippen LogP contribution in [0.4, 0.5) is 18.9 Å². The van der Waals surface area contributed by atoms with Gasteiger partial charge < -0.3 is 25.3 Å². The van der Waals surface area contributed by atoms with Crippen molar-refractivity contribution in [2.45, 2.75) is 6.18 Å². The minimum absolute atomic E-state index is 0.125. The second kappa shape index (κ2) is 10.8. The zero-order chi connectivity index (χ0) is 23.7. The van der Waals surface area contributed by atoms with E-state index in [-0.39, 0.29) is 18.0 Å². The van der Waals surface area contributed by atoms with E-state index in [1.165, 1.54) is 25.3 Å². The number of nitrogens with two attached hydrogens (primary N) is 1. The number of alkyl halides is 3. The van der Waals surface area contributed by atoms with Gasteiger partial charge in [0.05, 0.1) is 12.7 Å². The van der Waals surface area contributed by atoms with Crippen molar-refractivity contribution in [3.63, 3.8) is 0 Å². The summed E-state index contributed by atoms with van der Waals surface area (Å²) in [6.07, 6.45) is -2.01. The molecule has 2 aromatic carbocycles. The second-order valence-electron chi connectivity index (χ2n) is 6.23. The number of ether oxygens (including phenoxy) is 3. The van der Waals surface area contributed by atoms with Gasteiger partial charge in [-0.05, 0) is 48.0 Å². The molecule has 0 aromatic heterocycles. The van der Waals surface area contributed by atoms with Crippen LogP contribution in [0.2, 0.25) is 0 Å². The van der Waals surface area contributed by atoms with E-state index < -0.39 is 36.1 Å². The van der Waals surface area contributed by atoms with E-state index in [1.807, 2.05) is 0 Å². The van der Waals surface area contributed by atoms with Crippen LogP contribution in [-0.4, -0.2) is 38.1 Å². The lowest BCUT2D eigenvalue weighted by Gasteiger charge is -2.10. The lowest BCUT2D eigenvalue weighted by Crippen LogP contribution is -2.20. The maximum absolute atomic E-state index is 12.5. The van der Waals surface area contributed by atoms with Gasteiger partial charge in [0, 0.05) is 11.8 Å². The van der Waals surface area contributed by atoms with Gasteiger partial charge in [0.1, 0.15) is 0 Å². The summed E-state index contributed by atoms with van der Waals surface area (Å²) in [6, 6.07) is 8.46. The Kier molecular flexibility index (Phi) is 8.22. The van der Waals surface area contributed by atoms with Gasteiger partial charge in [-0.15, -0.1) is 0 Å². The summed E-state index contributed by atoms with van der Waals surface area (Å²) in [4.78, 5) is 34.4. The number of hydrogen-bond acceptors (Lipinski definition) is 6. The van der Waals surface area contributed by atoms with Gasteiger partial charge in [-0.1, -0.05) is 6.07 Å². The van der Waals surface area contributed by atoms with Crippen LogP contribution in [0.15, 0.2) is 48.5 Å². The molecular formula is C21H19F3N2O6. The van der Waals surface area contributed by atoms with Crippen LogP contribution in [0.25, 0.3) is 6.08 Å². The Morgan fingerprint density at radius 1 is 1.03 bits per heavy atom. The van der Waals surface area contributed by atoms with Crippen LogP contribution >= 0.6 is 0 Å². The van der Waals surface area contributed by atoms with E-state index in [0.717, 1.165) is 30.3 Å². The summed E-state index contributed by atoms with van der Waals surface area (Å²) < 4.78 is 52.7. The van der Waals surface area contributed by atoms with Gasteiger partial charge in [-0.2, -0.15) is 13.2 Å². The summed E-state index contributed by atoms with van der Waals surface area (Å²) >= 11 is 0. The van der Waals surface area contributed by atoms with Crippen LogP contribution in [-0.2, 0) is 25.3 Å². The van der Waals surface area contributed by atoms with E-state index in [2.05, 4.69) is 5.32 Å². The quantitative estimate of drug-likeness (QED) is 0.446. The van der Waals surface area contributed by atoms with Gasteiger partial charge >= 0.3 is 12.1 Å². The number of rotatable bonds is 9. The molecule has 0 fully saturated rings. The van der Waals surface area contributed by atoms with E-state index in [0.29, 0.717) is 11.3 Å². The SMILES string of the molecule is COc1cc(/C=C/C(=O)OCC(=O)Nc2ccc(C(F)(F)F)cc2)ccc1OCC(N)=O. The normalized spacial score (nSPS) is 11.1. The standard InChI is InChI=1S/C21H19F3N2O6/c1-30-17-10-13(2-8-16(17)31-11-18(25)27)3-9-20(29)32-12-19(28)26-15-6-4-14(5-7-15)21(22,23)24/h2-10H,11-12H2,1H3,(H2,25,27)(H,26,28)/b9-3+. The first-order chi connectivity index (χ1) is 15.1. The third kappa shape index (κ3) is 7.67. The van der Waals surface area contributed by atoms with Crippen LogP contribution in [0.3, 0.4) is 0 Å². The molecule has 0 atom stereocenters. The van der Waals surface area contributed by atoms with Gasteiger partial charge in [0.2, 0.25) is 0 Å². The number of esters is 1. The summed E-state index contributed by atoms with van der Waals surface area (Å²) in [5.41, 5.74) is 4.84. The Hall–Kier alpha value is -4.02. The first kappa shape index (κ1) is 24.3. The van der Waals surface area contributed by atoms with E-state index in [9.17, 15) is 27.6 Å². The molecule has 0 aliphatic rings. The van der Waals surface area contributed by atoms with Crippen molar-refractivity contribution in [1.82, 2.24) is 0 Å².